The number of ether oxygens (including phenoxy) is 1. The molecule has 1 aromatic rings. The molecule has 1 N–H and O–H groups in total. The van der Waals surface area contributed by atoms with Gasteiger partial charge in [-0.25, -0.2) is 0 Å². The number of nitrogens with one attached hydrogen (secondary N) is 1. The van der Waals surface area contributed by atoms with E-state index in [1.54, 1.807) is 0 Å². The van der Waals surface area contributed by atoms with Crippen LogP contribution < -0.4 is 5.32 Å². The summed E-state index contributed by atoms with van der Waals surface area (Å²) in [7, 11) is 0. The summed E-state index contributed by atoms with van der Waals surface area (Å²) in [4.78, 5) is 14.7. The van der Waals surface area contributed by atoms with Crippen LogP contribution in [0.3, 0.4) is 0 Å². The largest absolute Gasteiger partial charge is 0.375 e. The van der Waals surface area contributed by atoms with Gasteiger partial charge in [-0.05, 0) is 31.2 Å². The lowest BCUT2D eigenvalue weighted by Gasteiger charge is -2.28. The minimum Gasteiger partial charge on any atom is -0.375 e. The van der Waals surface area contributed by atoms with Gasteiger partial charge in [0.15, 0.2) is 0 Å². The molecule has 0 unspecified atom stereocenters. The summed E-state index contributed by atoms with van der Waals surface area (Å²) < 4.78 is 5.66. The summed E-state index contributed by atoms with van der Waals surface area (Å²) >= 11 is 0. The third-order valence-corrected chi connectivity index (χ3v) is 4.71. The molecule has 1 amide bonds. The Hall–Kier alpha value is -1.39. The van der Waals surface area contributed by atoms with Crippen LogP contribution in [0.15, 0.2) is 30.3 Å². The van der Waals surface area contributed by atoms with Gasteiger partial charge in [0, 0.05) is 25.7 Å². The van der Waals surface area contributed by atoms with E-state index in [1.165, 1.54) is 5.56 Å². The van der Waals surface area contributed by atoms with Gasteiger partial charge < -0.3 is 15.0 Å². The minimum absolute atomic E-state index is 0.0524. The van der Waals surface area contributed by atoms with Crippen LogP contribution in [0.2, 0.25) is 0 Å². The second-order valence-corrected chi connectivity index (χ2v) is 6.31. The van der Waals surface area contributed by atoms with Crippen molar-refractivity contribution in [1.29, 1.82) is 0 Å². The van der Waals surface area contributed by atoms with Gasteiger partial charge in [-0.15, -0.1) is 0 Å². The molecule has 120 valence electrons. The van der Waals surface area contributed by atoms with Gasteiger partial charge in [0.05, 0.1) is 19.1 Å². The lowest BCUT2D eigenvalue weighted by molar-refractivity contribution is -0.135. The molecule has 2 saturated heterocycles. The number of likely N-dealkylation sites (tertiary alicyclic amines) is 1. The number of rotatable bonds is 5. The maximum Gasteiger partial charge on any atom is 0.225 e. The highest BCUT2D eigenvalue weighted by Crippen LogP contribution is 2.23. The number of hydrogen-bond acceptors (Lipinski definition) is 3. The molecule has 4 nitrogen and oxygen atoms in total. The van der Waals surface area contributed by atoms with Crippen LogP contribution in [0, 0.1) is 0 Å². The molecule has 0 aromatic heterocycles. The molecule has 0 aliphatic carbocycles. The van der Waals surface area contributed by atoms with Crippen LogP contribution in [0.1, 0.15) is 31.2 Å². The minimum atomic E-state index is 0.0524. The third-order valence-electron chi connectivity index (χ3n) is 4.71. The summed E-state index contributed by atoms with van der Waals surface area (Å²) in [5.41, 5.74) is 1.36. The van der Waals surface area contributed by atoms with Crippen LogP contribution in [-0.2, 0) is 16.0 Å². The van der Waals surface area contributed by atoms with Crippen molar-refractivity contribution < 1.29 is 9.53 Å². The smallest absolute Gasteiger partial charge is 0.225 e. The molecule has 0 radical (unpaired) electrons. The van der Waals surface area contributed by atoms with Gasteiger partial charge in [-0.3, -0.25) is 4.79 Å². The van der Waals surface area contributed by atoms with Gasteiger partial charge in [-0.1, -0.05) is 30.3 Å². The SMILES string of the molecule is O=C(C[C@@H]1CNCCO1)N1CCC[C@H]1CCc1ccccc1. The topological polar surface area (TPSA) is 41.6 Å². The van der Waals surface area contributed by atoms with Gasteiger partial charge in [0.2, 0.25) is 5.91 Å². The number of hydrogen-bond donors (Lipinski definition) is 1. The number of aryl methyl sites for hydroxylation is 1. The highest BCUT2D eigenvalue weighted by Gasteiger charge is 2.30. The fraction of sp³-hybridized carbons (Fsp3) is 0.611. The number of morpholine rings is 1. The molecule has 22 heavy (non-hydrogen) atoms. The van der Waals surface area contributed by atoms with Gasteiger partial charge in [0.1, 0.15) is 0 Å². The van der Waals surface area contributed by atoms with E-state index in [2.05, 4.69) is 34.5 Å². The first-order chi connectivity index (χ1) is 10.8. The zero-order valence-corrected chi connectivity index (χ0v) is 13.2. The summed E-state index contributed by atoms with van der Waals surface area (Å²) in [6.07, 6.45) is 4.97. The Kier molecular flexibility index (Phi) is 5.46. The van der Waals surface area contributed by atoms with Crippen LogP contribution >= 0.6 is 0 Å². The molecule has 0 bridgehead atoms. The number of carbonyl (C=O) groups is 1. The molecule has 2 fully saturated rings. The number of amides is 1. The van der Waals surface area contributed by atoms with E-state index < -0.39 is 0 Å². The highest BCUT2D eigenvalue weighted by molar-refractivity contribution is 5.77. The number of carbonyl (C=O) groups excluding carboxylic acids is 1. The number of benzene rings is 1. The summed E-state index contributed by atoms with van der Waals surface area (Å²) in [5.74, 6) is 0.268. The van der Waals surface area contributed by atoms with E-state index in [4.69, 9.17) is 4.74 Å². The van der Waals surface area contributed by atoms with Crippen LogP contribution in [-0.4, -0.2) is 49.2 Å². The third kappa shape index (κ3) is 4.08. The van der Waals surface area contributed by atoms with Crippen molar-refractivity contribution in [2.45, 2.75) is 44.2 Å². The van der Waals surface area contributed by atoms with Crippen LogP contribution in [0.5, 0.6) is 0 Å². The van der Waals surface area contributed by atoms with E-state index in [-0.39, 0.29) is 12.0 Å². The van der Waals surface area contributed by atoms with E-state index in [9.17, 15) is 4.79 Å². The summed E-state index contributed by atoms with van der Waals surface area (Å²) in [6.45, 7) is 3.33. The average Bonchev–Trinajstić information content (AvgIpc) is 3.03. The first-order valence-corrected chi connectivity index (χ1v) is 8.48. The Morgan fingerprint density at radius 3 is 2.95 bits per heavy atom. The first-order valence-electron chi connectivity index (χ1n) is 8.48. The fourth-order valence-electron chi connectivity index (χ4n) is 3.50. The van der Waals surface area contributed by atoms with Gasteiger partial charge in [0.25, 0.3) is 0 Å². The van der Waals surface area contributed by atoms with Crippen molar-refractivity contribution in [3.8, 4) is 0 Å². The Morgan fingerprint density at radius 2 is 2.18 bits per heavy atom. The zero-order chi connectivity index (χ0) is 15.2. The molecule has 2 heterocycles. The average molecular weight is 302 g/mol. The maximum absolute atomic E-state index is 12.6. The molecular weight excluding hydrogens is 276 g/mol. The Bertz CT molecular complexity index is 471. The van der Waals surface area contributed by atoms with Crippen molar-refractivity contribution in [3.63, 3.8) is 0 Å². The van der Waals surface area contributed by atoms with E-state index in [0.29, 0.717) is 12.5 Å². The first kappa shape index (κ1) is 15.5. The predicted octanol–water partition coefficient (Wildman–Crippen LogP) is 1.99. The van der Waals surface area contributed by atoms with Crippen molar-refractivity contribution in [3.05, 3.63) is 35.9 Å². The van der Waals surface area contributed by atoms with E-state index in [0.717, 1.165) is 51.9 Å². The van der Waals surface area contributed by atoms with Crippen LogP contribution in [0.25, 0.3) is 0 Å². The predicted molar refractivity (Wildman–Crippen MR) is 86.7 cm³/mol. The maximum atomic E-state index is 12.6. The van der Waals surface area contributed by atoms with Gasteiger partial charge in [-0.2, -0.15) is 0 Å². The molecule has 4 heteroatoms. The monoisotopic (exact) mass is 302 g/mol. The fourth-order valence-corrected chi connectivity index (χ4v) is 3.50. The number of nitrogens with zero attached hydrogens (tertiary/aromatic N) is 1. The summed E-state index contributed by atoms with van der Waals surface area (Å²) in [5, 5.41) is 3.29. The van der Waals surface area contributed by atoms with Crippen molar-refractivity contribution in [2.75, 3.05) is 26.2 Å². The lowest BCUT2D eigenvalue weighted by Crippen LogP contribution is -2.43. The molecule has 2 aliphatic heterocycles. The Labute approximate surface area is 132 Å². The van der Waals surface area contributed by atoms with Crippen molar-refractivity contribution >= 4 is 5.91 Å². The zero-order valence-electron chi connectivity index (χ0n) is 13.2. The second-order valence-electron chi connectivity index (χ2n) is 6.31. The molecule has 2 atom stereocenters. The Balaban J connectivity index is 1.50. The summed E-state index contributed by atoms with van der Waals surface area (Å²) in [6, 6.07) is 11.0. The van der Waals surface area contributed by atoms with E-state index in [1.807, 2.05) is 6.07 Å². The molecule has 3 rings (SSSR count). The van der Waals surface area contributed by atoms with Crippen LogP contribution in [0.4, 0.5) is 0 Å². The molecule has 0 saturated carbocycles. The normalized spacial score (nSPS) is 25.4. The quantitative estimate of drug-likeness (QED) is 0.904. The van der Waals surface area contributed by atoms with Crippen molar-refractivity contribution in [1.82, 2.24) is 10.2 Å². The Morgan fingerprint density at radius 1 is 1.32 bits per heavy atom. The van der Waals surface area contributed by atoms with Crippen molar-refractivity contribution in [2.24, 2.45) is 0 Å². The molecule has 0 spiro atoms. The second kappa shape index (κ2) is 7.75. The molecule has 1 aromatic carbocycles. The van der Waals surface area contributed by atoms with Gasteiger partial charge >= 0.3 is 0 Å². The highest BCUT2D eigenvalue weighted by atomic mass is 16.5. The lowest BCUT2D eigenvalue weighted by atomic mass is 10.0. The standard InChI is InChI=1S/C18H26N2O2/c21-18(13-17-14-19-10-12-22-17)20-11-4-7-16(20)9-8-15-5-2-1-3-6-15/h1-3,5-6,16-17,19H,4,7-14H2/t16-,17+/m0/s1. The molecular formula is C18H26N2O2. The molecule has 2 aliphatic rings. The van der Waals surface area contributed by atoms with E-state index >= 15 is 0 Å².